The van der Waals surface area contributed by atoms with Crippen LogP contribution in [0.1, 0.15) is 23.7 Å². The quantitative estimate of drug-likeness (QED) is 0.894. The number of hydrogen-bond donors (Lipinski definition) is 1. The van der Waals surface area contributed by atoms with Crippen LogP contribution in [0.4, 0.5) is 5.69 Å². The van der Waals surface area contributed by atoms with E-state index in [0.717, 1.165) is 37.3 Å². The lowest BCUT2D eigenvalue weighted by Gasteiger charge is -2.27. The zero-order valence-electron chi connectivity index (χ0n) is 12.0. The van der Waals surface area contributed by atoms with Gasteiger partial charge in [-0.15, -0.1) is 0 Å². The molecule has 1 fully saturated rings. The van der Waals surface area contributed by atoms with E-state index in [1.807, 2.05) is 55.1 Å². The first-order valence-electron chi connectivity index (χ1n) is 6.92. The molecule has 1 aromatic rings. The second-order valence-corrected chi connectivity index (χ2v) is 5.18. The van der Waals surface area contributed by atoms with Crippen molar-refractivity contribution in [2.45, 2.75) is 19.4 Å². The monoisotopic (exact) mass is 261 g/mol. The Balaban J connectivity index is 2.19. The Bertz CT molecular complexity index is 439. The van der Waals surface area contributed by atoms with Gasteiger partial charge in [0, 0.05) is 44.5 Å². The van der Waals surface area contributed by atoms with Crippen LogP contribution in [-0.2, 0) is 0 Å². The van der Waals surface area contributed by atoms with E-state index in [9.17, 15) is 4.79 Å². The molecule has 1 N–H and O–H groups in total. The zero-order valence-corrected chi connectivity index (χ0v) is 12.0. The SMILES string of the molecule is CCN(C(=O)c1cccc(N(C)C)c1)C1CCNC1. The molecule has 2 rings (SSSR count). The largest absolute Gasteiger partial charge is 0.378 e. The molecule has 0 aliphatic carbocycles. The van der Waals surface area contributed by atoms with Gasteiger partial charge in [0.05, 0.1) is 0 Å². The summed E-state index contributed by atoms with van der Waals surface area (Å²) in [5, 5.41) is 3.32. The number of carbonyl (C=O) groups excluding carboxylic acids is 1. The smallest absolute Gasteiger partial charge is 0.254 e. The Morgan fingerprint density at radius 2 is 2.21 bits per heavy atom. The fourth-order valence-corrected chi connectivity index (χ4v) is 2.56. The number of rotatable bonds is 4. The molecule has 4 nitrogen and oxygen atoms in total. The number of hydrogen-bond acceptors (Lipinski definition) is 3. The van der Waals surface area contributed by atoms with Crippen molar-refractivity contribution in [3.8, 4) is 0 Å². The van der Waals surface area contributed by atoms with Crippen molar-refractivity contribution in [2.75, 3.05) is 38.6 Å². The summed E-state index contributed by atoms with van der Waals surface area (Å²) in [6.45, 7) is 4.72. The number of nitrogens with zero attached hydrogens (tertiary/aromatic N) is 2. The number of carbonyl (C=O) groups is 1. The van der Waals surface area contributed by atoms with Crippen molar-refractivity contribution < 1.29 is 4.79 Å². The number of anilines is 1. The third kappa shape index (κ3) is 3.07. The highest BCUT2D eigenvalue weighted by Gasteiger charge is 2.26. The minimum atomic E-state index is 0.139. The molecule has 1 aliphatic rings. The molecule has 19 heavy (non-hydrogen) atoms. The van der Waals surface area contributed by atoms with E-state index < -0.39 is 0 Å². The molecule has 1 heterocycles. The van der Waals surface area contributed by atoms with E-state index in [1.165, 1.54) is 0 Å². The maximum absolute atomic E-state index is 12.6. The normalized spacial score (nSPS) is 18.4. The number of nitrogens with one attached hydrogen (secondary N) is 1. The molecule has 0 spiro atoms. The van der Waals surface area contributed by atoms with Gasteiger partial charge in [0.15, 0.2) is 0 Å². The van der Waals surface area contributed by atoms with Gasteiger partial charge in [-0.05, 0) is 38.1 Å². The van der Waals surface area contributed by atoms with E-state index in [-0.39, 0.29) is 5.91 Å². The summed E-state index contributed by atoms with van der Waals surface area (Å²) in [5.41, 5.74) is 1.84. The van der Waals surface area contributed by atoms with Gasteiger partial charge < -0.3 is 15.1 Å². The number of likely N-dealkylation sites (N-methyl/N-ethyl adjacent to an activating group) is 1. The van der Waals surface area contributed by atoms with Crippen LogP contribution in [0.15, 0.2) is 24.3 Å². The van der Waals surface area contributed by atoms with E-state index in [1.54, 1.807) is 0 Å². The van der Waals surface area contributed by atoms with E-state index in [0.29, 0.717) is 6.04 Å². The second kappa shape index (κ2) is 6.06. The fraction of sp³-hybridized carbons (Fsp3) is 0.533. The summed E-state index contributed by atoms with van der Waals surface area (Å²) in [5.74, 6) is 0.139. The molecule has 1 saturated heterocycles. The molecule has 104 valence electrons. The summed E-state index contributed by atoms with van der Waals surface area (Å²) >= 11 is 0. The van der Waals surface area contributed by atoms with Gasteiger partial charge in [-0.1, -0.05) is 6.07 Å². The Kier molecular flexibility index (Phi) is 4.43. The highest BCUT2D eigenvalue weighted by Crippen LogP contribution is 2.17. The van der Waals surface area contributed by atoms with Crippen LogP contribution in [0.2, 0.25) is 0 Å². The van der Waals surface area contributed by atoms with Gasteiger partial charge in [-0.2, -0.15) is 0 Å². The highest BCUT2D eigenvalue weighted by molar-refractivity contribution is 5.95. The molecule has 1 unspecified atom stereocenters. The Labute approximate surface area is 115 Å². The average Bonchev–Trinajstić information content (AvgIpc) is 2.93. The lowest BCUT2D eigenvalue weighted by molar-refractivity contribution is 0.0704. The second-order valence-electron chi connectivity index (χ2n) is 5.18. The lowest BCUT2D eigenvalue weighted by Crippen LogP contribution is -2.41. The summed E-state index contributed by atoms with van der Waals surface area (Å²) in [4.78, 5) is 16.6. The van der Waals surface area contributed by atoms with Crippen molar-refractivity contribution in [1.82, 2.24) is 10.2 Å². The molecule has 4 heteroatoms. The van der Waals surface area contributed by atoms with Gasteiger partial charge >= 0.3 is 0 Å². The molecule has 1 amide bonds. The molecule has 1 atom stereocenters. The summed E-state index contributed by atoms with van der Waals surface area (Å²) in [6.07, 6.45) is 1.05. The van der Waals surface area contributed by atoms with E-state index >= 15 is 0 Å². The minimum absolute atomic E-state index is 0.139. The van der Waals surface area contributed by atoms with Crippen LogP contribution in [0.25, 0.3) is 0 Å². The van der Waals surface area contributed by atoms with Crippen molar-refractivity contribution in [3.05, 3.63) is 29.8 Å². The van der Waals surface area contributed by atoms with Crippen LogP contribution in [0.5, 0.6) is 0 Å². The van der Waals surface area contributed by atoms with Gasteiger partial charge in [0.2, 0.25) is 0 Å². The molecule has 1 aliphatic heterocycles. The maximum Gasteiger partial charge on any atom is 0.254 e. The van der Waals surface area contributed by atoms with Gasteiger partial charge in [-0.3, -0.25) is 4.79 Å². The highest BCUT2D eigenvalue weighted by atomic mass is 16.2. The molecule has 0 radical (unpaired) electrons. The van der Waals surface area contributed by atoms with Crippen LogP contribution in [0, 0.1) is 0 Å². The molecule has 0 bridgehead atoms. The minimum Gasteiger partial charge on any atom is -0.378 e. The summed E-state index contributed by atoms with van der Waals surface area (Å²) in [6, 6.07) is 8.17. The summed E-state index contributed by atoms with van der Waals surface area (Å²) in [7, 11) is 3.98. The van der Waals surface area contributed by atoms with Gasteiger partial charge in [0.1, 0.15) is 0 Å². The molecule has 0 saturated carbocycles. The average molecular weight is 261 g/mol. The Morgan fingerprint density at radius 1 is 1.42 bits per heavy atom. The number of benzene rings is 1. The standard InChI is InChI=1S/C15H23N3O/c1-4-18(14-8-9-16-11-14)15(19)12-6-5-7-13(10-12)17(2)3/h5-7,10,14,16H,4,8-9,11H2,1-3H3. The third-order valence-corrected chi connectivity index (χ3v) is 3.69. The molecule has 1 aromatic carbocycles. The van der Waals surface area contributed by atoms with Crippen LogP contribution in [-0.4, -0.2) is 50.6 Å². The van der Waals surface area contributed by atoms with Crippen LogP contribution in [0.3, 0.4) is 0 Å². The first-order chi connectivity index (χ1) is 9.13. The summed E-state index contributed by atoms with van der Waals surface area (Å²) < 4.78 is 0. The maximum atomic E-state index is 12.6. The topological polar surface area (TPSA) is 35.6 Å². The fourth-order valence-electron chi connectivity index (χ4n) is 2.56. The third-order valence-electron chi connectivity index (χ3n) is 3.69. The molecular formula is C15H23N3O. The van der Waals surface area contributed by atoms with Crippen molar-refractivity contribution in [1.29, 1.82) is 0 Å². The van der Waals surface area contributed by atoms with Crippen LogP contribution < -0.4 is 10.2 Å². The Morgan fingerprint density at radius 3 is 2.79 bits per heavy atom. The van der Waals surface area contributed by atoms with Crippen molar-refractivity contribution >= 4 is 11.6 Å². The van der Waals surface area contributed by atoms with Crippen molar-refractivity contribution in [3.63, 3.8) is 0 Å². The first-order valence-corrected chi connectivity index (χ1v) is 6.92. The van der Waals surface area contributed by atoms with Gasteiger partial charge in [-0.25, -0.2) is 0 Å². The number of amides is 1. The predicted octanol–water partition coefficient (Wildman–Crippen LogP) is 1.58. The molecular weight excluding hydrogens is 238 g/mol. The van der Waals surface area contributed by atoms with Crippen molar-refractivity contribution in [2.24, 2.45) is 0 Å². The van der Waals surface area contributed by atoms with Gasteiger partial charge in [0.25, 0.3) is 5.91 Å². The Hall–Kier alpha value is -1.55. The van der Waals surface area contributed by atoms with Crippen LogP contribution >= 0.6 is 0 Å². The van der Waals surface area contributed by atoms with E-state index in [4.69, 9.17) is 0 Å². The first kappa shape index (κ1) is 13.9. The predicted molar refractivity (Wildman–Crippen MR) is 78.8 cm³/mol. The molecule has 0 aromatic heterocycles. The zero-order chi connectivity index (χ0) is 13.8. The lowest BCUT2D eigenvalue weighted by atomic mass is 10.1. The van der Waals surface area contributed by atoms with E-state index in [2.05, 4.69) is 5.32 Å².